The van der Waals surface area contributed by atoms with Gasteiger partial charge in [-0.1, -0.05) is 13.8 Å². The van der Waals surface area contributed by atoms with Crippen molar-refractivity contribution in [1.29, 1.82) is 0 Å². The second kappa shape index (κ2) is 8.23. The maximum absolute atomic E-state index is 5.95. The van der Waals surface area contributed by atoms with Crippen LogP contribution in [0.1, 0.15) is 60.3 Å². The zero-order valence-electron chi connectivity index (χ0n) is 13.7. The number of ether oxygens (including phenoxy) is 1. The molecular weight excluding hydrogens is 236 g/mol. The van der Waals surface area contributed by atoms with E-state index in [1.807, 2.05) is 0 Å². The molecule has 1 aliphatic rings. The van der Waals surface area contributed by atoms with Crippen molar-refractivity contribution in [1.82, 2.24) is 10.2 Å². The van der Waals surface area contributed by atoms with Gasteiger partial charge >= 0.3 is 0 Å². The fourth-order valence-electron chi connectivity index (χ4n) is 3.12. The molecule has 0 spiro atoms. The van der Waals surface area contributed by atoms with Gasteiger partial charge < -0.3 is 10.1 Å². The third-order valence-electron chi connectivity index (χ3n) is 3.84. The number of nitrogens with one attached hydrogen (secondary N) is 1. The maximum atomic E-state index is 5.95. The molecule has 0 aliphatic carbocycles. The Kier molecular flexibility index (Phi) is 7.33. The van der Waals surface area contributed by atoms with Crippen molar-refractivity contribution >= 4 is 0 Å². The minimum Gasteiger partial charge on any atom is -0.370 e. The highest BCUT2D eigenvalue weighted by Gasteiger charge is 2.30. The van der Waals surface area contributed by atoms with Gasteiger partial charge in [-0.05, 0) is 59.5 Å². The van der Waals surface area contributed by atoms with Crippen LogP contribution in [0.4, 0.5) is 0 Å². The van der Waals surface area contributed by atoms with E-state index in [0.717, 1.165) is 19.6 Å². The molecule has 0 radical (unpaired) electrons. The van der Waals surface area contributed by atoms with Crippen LogP contribution in [0.5, 0.6) is 0 Å². The van der Waals surface area contributed by atoms with Crippen molar-refractivity contribution in [3.05, 3.63) is 0 Å². The van der Waals surface area contributed by atoms with Gasteiger partial charge in [0.25, 0.3) is 0 Å². The van der Waals surface area contributed by atoms with Crippen LogP contribution in [0, 0.1) is 0 Å². The van der Waals surface area contributed by atoms with Gasteiger partial charge in [-0.15, -0.1) is 0 Å². The lowest BCUT2D eigenvalue weighted by molar-refractivity contribution is -0.128. The zero-order chi connectivity index (χ0) is 14.3. The van der Waals surface area contributed by atoms with Crippen LogP contribution in [0.2, 0.25) is 0 Å². The van der Waals surface area contributed by atoms with Gasteiger partial charge in [0.05, 0.1) is 11.7 Å². The molecule has 3 heteroatoms. The van der Waals surface area contributed by atoms with E-state index in [2.05, 4.69) is 44.8 Å². The largest absolute Gasteiger partial charge is 0.370 e. The molecule has 1 heterocycles. The van der Waals surface area contributed by atoms with E-state index < -0.39 is 0 Å². The molecule has 2 atom stereocenters. The summed E-state index contributed by atoms with van der Waals surface area (Å²) in [6, 6.07) is 0.700. The van der Waals surface area contributed by atoms with Gasteiger partial charge in [-0.25, -0.2) is 0 Å². The van der Waals surface area contributed by atoms with Crippen LogP contribution in [-0.4, -0.2) is 48.8 Å². The monoisotopic (exact) mass is 270 g/mol. The van der Waals surface area contributed by atoms with E-state index in [1.165, 1.54) is 32.2 Å². The normalized spacial score (nSPS) is 25.4. The summed E-state index contributed by atoms with van der Waals surface area (Å²) in [5.41, 5.74) is 0.0162. The lowest BCUT2D eigenvalue weighted by atomic mass is 10.0. The molecule has 0 aromatic carbocycles. The molecule has 1 saturated heterocycles. The van der Waals surface area contributed by atoms with E-state index >= 15 is 0 Å². The van der Waals surface area contributed by atoms with Gasteiger partial charge in [-0.3, -0.25) is 4.90 Å². The van der Waals surface area contributed by atoms with Crippen LogP contribution >= 0.6 is 0 Å². The van der Waals surface area contributed by atoms with Crippen molar-refractivity contribution in [3.63, 3.8) is 0 Å². The molecule has 0 aromatic rings. The van der Waals surface area contributed by atoms with E-state index in [0.29, 0.717) is 12.1 Å². The Hall–Kier alpha value is -0.120. The Balaban J connectivity index is 2.24. The Morgan fingerprint density at radius 3 is 2.68 bits per heavy atom. The van der Waals surface area contributed by atoms with Crippen molar-refractivity contribution in [2.45, 2.75) is 78.0 Å². The Bertz CT molecular complexity index is 243. The van der Waals surface area contributed by atoms with Crippen molar-refractivity contribution in [2.75, 3.05) is 26.2 Å². The lowest BCUT2D eigenvalue weighted by Crippen LogP contribution is -2.52. The third kappa shape index (κ3) is 6.73. The fourth-order valence-corrected chi connectivity index (χ4v) is 3.12. The van der Waals surface area contributed by atoms with Gasteiger partial charge in [0.15, 0.2) is 0 Å². The number of morpholine rings is 1. The molecule has 1 N–H and O–H groups in total. The predicted molar refractivity (Wildman–Crippen MR) is 82.7 cm³/mol. The number of hydrogen-bond acceptors (Lipinski definition) is 3. The summed E-state index contributed by atoms with van der Waals surface area (Å²) in [5.74, 6) is 0. The molecule has 3 nitrogen and oxygen atoms in total. The van der Waals surface area contributed by atoms with Gasteiger partial charge in [-0.2, -0.15) is 0 Å². The molecule has 1 rings (SSSR count). The standard InChI is InChI=1S/C16H34N2O/c1-6-10-17-15(7-2)9-8-11-18-12-14(3)19-16(4,5)13-18/h14-15,17H,6-13H2,1-5H3. The van der Waals surface area contributed by atoms with Crippen LogP contribution in [0.25, 0.3) is 0 Å². The summed E-state index contributed by atoms with van der Waals surface area (Å²) in [5, 5.41) is 3.64. The van der Waals surface area contributed by atoms with Gasteiger partial charge in [0.1, 0.15) is 0 Å². The molecule has 0 bridgehead atoms. The Morgan fingerprint density at radius 1 is 1.37 bits per heavy atom. The quantitative estimate of drug-likeness (QED) is 0.733. The molecule has 19 heavy (non-hydrogen) atoms. The molecule has 0 amide bonds. The molecule has 2 unspecified atom stereocenters. The SMILES string of the molecule is CCCNC(CC)CCCN1CC(C)OC(C)(C)C1. The first-order valence-electron chi connectivity index (χ1n) is 8.10. The lowest BCUT2D eigenvalue weighted by Gasteiger charge is -2.41. The first-order valence-corrected chi connectivity index (χ1v) is 8.10. The van der Waals surface area contributed by atoms with Crippen molar-refractivity contribution < 1.29 is 4.74 Å². The zero-order valence-corrected chi connectivity index (χ0v) is 13.7. The second-order valence-corrected chi connectivity index (χ2v) is 6.62. The molecule has 114 valence electrons. The minimum atomic E-state index is 0.0162. The molecule has 1 aliphatic heterocycles. The molecule has 0 saturated carbocycles. The summed E-state index contributed by atoms with van der Waals surface area (Å²) in [6.07, 6.45) is 5.42. The summed E-state index contributed by atoms with van der Waals surface area (Å²) >= 11 is 0. The van der Waals surface area contributed by atoms with E-state index in [-0.39, 0.29) is 5.60 Å². The molecular formula is C16H34N2O. The fraction of sp³-hybridized carbons (Fsp3) is 1.00. The Morgan fingerprint density at radius 2 is 2.11 bits per heavy atom. The highest BCUT2D eigenvalue weighted by atomic mass is 16.5. The van der Waals surface area contributed by atoms with Crippen LogP contribution in [0.15, 0.2) is 0 Å². The number of hydrogen-bond donors (Lipinski definition) is 1. The summed E-state index contributed by atoms with van der Waals surface area (Å²) in [7, 11) is 0. The minimum absolute atomic E-state index is 0.0162. The number of rotatable bonds is 8. The van der Waals surface area contributed by atoms with Crippen LogP contribution in [-0.2, 0) is 4.74 Å². The summed E-state index contributed by atoms with van der Waals surface area (Å²) < 4.78 is 5.95. The predicted octanol–water partition coefficient (Wildman–Crippen LogP) is 3.04. The van der Waals surface area contributed by atoms with E-state index in [1.54, 1.807) is 0 Å². The average Bonchev–Trinajstić information content (AvgIpc) is 2.31. The highest BCUT2D eigenvalue weighted by molar-refractivity contribution is 4.82. The summed E-state index contributed by atoms with van der Waals surface area (Å²) in [4.78, 5) is 2.57. The first-order chi connectivity index (χ1) is 8.96. The Labute approximate surface area is 120 Å². The topological polar surface area (TPSA) is 24.5 Å². The van der Waals surface area contributed by atoms with Gasteiger partial charge in [0.2, 0.25) is 0 Å². The molecule has 0 aromatic heterocycles. The first kappa shape index (κ1) is 16.9. The van der Waals surface area contributed by atoms with Gasteiger partial charge in [0, 0.05) is 19.1 Å². The average molecular weight is 270 g/mol. The maximum Gasteiger partial charge on any atom is 0.0757 e. The smallest absolute Gasteiger partial charge is 0.0757 e. The summed E-state index contributed by atoms with van der Waals surface area (Å²) in [6.45, 7) is 15.6. The third-order valence-corrected chi connectivity index (χ3v) is 3.84. The second-order valence-electron chi connectivity index (χ2n) is 6.62. The van der Waals surface area contributed by atoms with E-state index in [4.69, 9.17) is 4.74 Å². The van der Waals surface area contributed by atoms with Crippen LogP contribution in [0.3, 0.4) is 0 Å². The van der Waals surface area contributed by atoms with Crippen molar-refractivity contribution in [2.24, 2.45) is 0 Å². The van der Waals surface area contributed by atoms with E-state index in [9.17, 15) is 0 Å². The molecule has 1 fully saturated rings. The van der Waals surface area contributed by atoms with Crippen LogP contribution < -0.4 is 5.32 Å². The highest BCUT2D eigenvalue weighted by Crippen LogP contribution is 2.21. The number of nitrogens with zero attached hydrogens (tertiary/aromatic N) is 1. The van der Waals surface area contributed by atoms with Crippen molar-refractivity contribution in [3.8, 4) is 0 Å².